The first kappa shape index (κ1) is 16.9. The Morgan fingerprint density at radius 1 is 1.24 bits per heavy atom. The molecule has 0 bridgehead atoms. The summed E-state index contributed by atoms with van der Waals surface area (Å²) >= 11 is 1.89. The highest BCUT2D eigenvalue weighted by Gasteiger charge is 2.26. The number of urea groups is 1. The maximum Gasteiger partial charge on any atom is 0.315 e. The van der Waals surface area contributed by atoms with Crippen LogP contribution in [0.3, 0.4) is 0 Å². The molecule has 0 aromatic carbocycles. The number of rotatable bonds is 4. The lowest BCUT2D eigenvalue weighted by Crippen LogP contribution is -2.56. The van der Waals surface area contributed by atoms with Gasteiger partial charge in [0.15, 0.2) is 0 Å². The molecule has 122 valence electrons. The molecule has 2 N–H and O–H groups in total. The minimum Gasteiger partial charge on any atom is -0.337 e. The Morgan fingerprint density at radius 2 is 2.00 bits per heavy atom. The Balaban J connectivity index is 1.73. The third-order valence-electron chi connectivity index (χ3n) is 4.80. The van der Waals surface area contributed by atoms with Crippen LogP contribution in [0, 0.1) is 0 Å². The molecule has 0 aromatic rings. The van der Waals surface area contributed by atoms with Crippen molar-refractivity contribution in [2.45, 2.75) is 43.0 Å². The number of hydrogen-bond acceptors (Lipinski definition) is 4. The zero-order chi connectivity index (χ0) is 15.2. The van der Waals surface area contributed by atoms with Crippen molar-refractivity contribution in [3.8, 4) is 0 Å². The number of piperazine rings is 1. The lowest BCUT2D eigenvalue weighted by molar-refractivity contribution is 0.114. The lowest BCUT2D eigenvalue weighted by Gasteiger charge is -2.38. The highest BCUT2D eigenvalue weighted by molar-refractivity contribution is 7.99. The number of nitrogens with one attached hydrogen (secondary N) is 2. The van der Waals surface area contributed by atoms with Crippen LogP contribution in [0.2, 0.25) is 0 Å². The molecule has 1 saturated heterocycles. The maximum atomic E-state index is 12.1. The molecule has 0 spiro atoms. The Kier molecular flexibility index (Phi) is 6.64. The van der Waals surface area contributed by atoms with Gasteiger partial charge in [0.2, 0.25) is 0 Å². The van der Waals surface area contributed by atoms with Gasteiger partial charge in [0.25, 0.3) is 0 Å². The van der Waals surface area contributed by atoms with Crippen molar-refractivity contribution >= 4 is 17.8 Å². The van der Waals surface area contributed by atoms with Crippen molar-refractivity contribution in [1.82, 2.24) is 20.4 Å². The minimum absolute atomic E-state index is 0.00239. The predicted octanol–water partition coefficient (Wildman–Crippen LogP) is 1.21. The van der Waals surface area contributed by atoms with Crippen LogP contribution in [-0.4, -0.2) is 79.7 Å². The summed E-state index contributed by atoms with van der Waals surface area (Å²) in [5.41, 5.74) is 0. The molecule has 0 unspecified atom stereocenters. The van der Waals surface area contributed by atoms with E-state index in [1.165, 1.54) is 19.3 Å². The number of amides is 2. The summed E-state index contributed by atoms with van der Waals surface area (Å²) in [6, 6.07) is 0.750. The fourth-order valence-corrected chi connectivity index (χ4v) is 4.23. The lowest BCUT2D eigenvalue weighted by atomic mass is 9.95. The predicted molar refractivity (Wildman–Crippen MR) is 90.0 cm³/mol. The first-order valence-electron chi connectivity index (χ1n) is 8.06. The van der Waals surface area contributed by atoms with Crippen LogP contribution < -0.4 is 10.6 Å². The average molecular weight is 314 g/mol. The summed E-state index contributed by atoms with van der Waals surface area (Å²) in [5, 5.41) is 6.83. The van der Waals surface area contributed by atoms with E-state index in [0.717, 1.165) is 32.6 Å². The van der Waals surface area contributed by atoms with Gasteiger partial charge in [0.05, 0.1) is 0 Å². The Labute approximate surface area is 133 Å². The highest BCUT2D eigenvalue weighted by Crippen LogP contribution is 2.26. The molecule has 1 heterocycles. The van der Waals surface area contributed by atoms with Crippen LogP contribution in [0.4, 0.5) is 4.79 Å². The van der Waals surface area contributed by atoms with Crippen LogP contribution in [0.15, 0.2) is 0 Å². The van der Waals surface area contributed by atoms with E-state index < -0.39 is 0 Å². The Morgan fingerprint density at radius 3 is 2.76 bits per heavy atom. The van der Waals surface area contributed by atoms with Crippen LogP contribution >= 0.6 is 11.8 Å². The molecule has 2 aliphatic rings. The van der Waals surface area contributed by atoms with Crippen LogP contribution in [0.5, 0.6) is 0 Å². The molecular formula is C15H30N4OS. The molecule has 3 atom stereocenters. The summed E-state index contributed by atoms with van der Waals surface area (Å²) in [6.07, 6.45) is 7.02. The van der Waals surface area contributed by atoms with E-state index in [0.29, 0.717) is 17.3 Å². The van der Waals surface area contributed by atoms with E-state index >= 15 is 0 Å². The molecule has 2 rings (SSSR count). The Hall–Kier alpha value is -0.460. The summed E-state index contributed by atoms with van der Waals surface area (Å²) in [4.78, 5) is 16.8. The van der Waals surface area contributed by atoms with Gasteiger partial charge in [-0.05, 0) is 33.2 Å². The van der Waals surface area contributed by atoms with Crippen molar-refractivity contribution in [2.24, 2.45) is 0 Å². The summed E-state index contributed by atoms with van der Waals surface area (Å²) in [6.45, 7) is 3.93. The first-order valence-corrected chi connectivity index (χ1v) is 9.35. The number of hydrogen-bond donors (Lipinski definition) is 2. The normalized spacial score (nSPS) is 31.9. The van der Waals surface area contributed by atoms with E-state index in [1.807, 2.05) is 11.8 Å². The smallest absolute Gasteiger partial charge is 0.315 e. The van der Waals surface area contributed by atoms with Gasteiger partial charge in [-0.1, -0.05) is 12.8 Å². The van der Waals surface area contributed by atoms with Gasteiger partial charge in [-0.25, -0.2) is 4.79 Å². The van der Waals surface area contributed by atoms with E-state index in [-0.39, 0.29) is 6.03 Å². The second-order valence-electron chi connectivity index (χ2n) is 6.42. The van der Waals surface area contributed by atoms with Crippen molar-refractivity contribution < 1.29 is 4.79 Å². The third-order valence-corrected chi connectivity index (χ3v) is 5.97. The molecule has 2 fully saturated rings. The van der Waals surface area contributed by atoms with Gasteiger partial charge in [-0.15, -0.1) is 0 Å². The molecule has 1 aliphatic carbocycles. The first-order chi connectivity index (χ1) is 10.1. The molecule has 0 radical (unpaired) electrons. The number of carbonyl (C=O) groups excluding carboxylic acids is 1. The quantitative estimate of drug-likeness (QED) is 0.819. The number of likely N-dealkylation sites (N-methyl/N-ethyl adjacent to an activating group) is 2. The zero-order valence-electron chi connectivity index (χ0n) is 13.6. The van der Waals surface area contributed by atoms with Gasteiger partial charge in [-0.3, -0.25) is 4.90 Å². The molecule has 2 amide bonds. The van der Waals surface area contributed by atoms with E-state index in [9.17, 15) is 4.79 Å². The van der Waals surface area contributed by atoms with E-state index in [2.05, 4.69) is 40.8 Å². The van der Waals surface area contributed by atoms with E-state index in [4.69, 9.17) is 0 Å². The molecular weight excluding hydrogens is 284 g/mol. The van der Waals surface area contributed by atoms with Gasteiger partial charge >= 0.3 is 6.03 Å². The molecule has 1 saturated carbocycles. The molecule has 5 nitrogen and oxygen atoms in total. The standard InChI is InChI=1S/C15H30N4OS/c1-18-8-9-19(2)12(11-18)10-16-15(20)17-13-6-4-5-7-14(13)21-3/h12-14H,4-11H2,1-3H3,(H2,16,17,20)/t12-,13+,14-/m1/s1. The third kappa shape index (κ3) is 5.04. The van der Waals surface area contributed by atoms with E-state index in [1.54, 1.807) is 0 Å². The van der Waals surface area contributed by atoms with Crippen LogP contribution in [-0.2, 0) is 0 Å². The van der Waals surface area contributed by atoms with Gasteiger partial charge in [0, 0.05) is 43.5 Å². The SMILES string of the molecule is CS[C@@H]1CCCC[C@@H]1NC(=O)NC[C@@H]1CN(C)CCN1C. The van der Waals surface area contributed by atoms with Crippen molar-refractivity contribution in [1.29, 1.82) is 0 Å². The van der Waals surface area contributed by atoms with Crippen LogP contribution in [0.1, 0.15) is 25.7 Å². The topological polar surface area (TPSA) is 47.6 Å². The van der Waals surface area contributed by atoms with Crippen molar-refractivity contribution in [3.05, 3.63) is 0 Å². The second kappa shape index (κ2) is 8.25. The highest BCUT2D eigenvalue weighted by atomic mass is 32.2. The largest absolute Gasteiger partial charge is 0.337 e. The average Bonchev–Trinajstić information content (AvgIpc) is 2.49. The molecule has 0 aromatic heterocycles. The molecule has 1 aliphatic heterocycles. The molecule has 21 heavy (non-hydrogen) atoms. The number of nitrogens with zero attached hydrogens (tertiary/aromatic N) is 2. The fraction of sp³-hybridized carbons (Fsp3) is 0.933. The summed E-state index contributed by atoms with van der Waals surface area (Å²) < 4.78 is 0. The summed E-state index contributed by atoms with van der Waals surface area (Å²) in [5.74, 6) is 0. The minimum atomic E-state index is 0.00239. The van der Waals surface area contributed by atoms with Crippen molar-refractivity contribution in [3.63, 3.8) is 0 Å². The number of carbonyl (C=O) groups is 1. The van der Waals surface area contributed by atoms with Crippen molar-refractivity contribution in [2.75, 3.05) is 46.5 Å². The Bertz CT molecular complexity index is 342. The second-order valence-corrected chi connectivity index (χ2v) is 7.49. The zero-order valence-corrected chi connectivity index (χ0v) is 14.4. The molecule has 6 heteroatoms. The maximum absolute atomic E-state index is 12.1. The van der Waals surface area contributed by atoms with Crippen LogP contribution in [0.25, 0.3) is 0 Å². The monoisotopic (exact) mass is 314 g/mol. The van der Waals surface area contributed by atoms with Gasteiger partial charge in [-0.2, -0.15) is 11.8 Å². The summed E-state index contributed by atoms with van der Waals surface area (Å²) in [7, 11) is 4.29. The fourth-order valence-electron chi connectivity index (χ4n) is 3.30. The number of thioether (sulfide) groups is 1. The van der Waals surface area contributed by atoms with Gasteiger partial charge in [0.1, 0.15) is 0 Å². The van der Waals surface area contributed by atoms with Gasteiger partial charge < -0.3 is 15.5 Å².